The van der Waals surface area contributed by atoms with Crippen LogP contribution in [0.2, 0.25) is 0 Å². The Labute approximate surface area is 108 Å². The van der Waals surface area contributed by atoms with Crippen molar-refractivity contribution in [3.05, 3.63) is 24.3 Å². The van der Waals surface area contributed by atoms with E-state index in [0.717, 1.165) is 5.75 Å². The summed E-state index contributed by atoms with van der Waals surface area (Å²) >= 11 is 0. The van der Waals surface area contributed by atoms with Crippen LogP contribution in [-0.4, -0.2) is 25.7 Å². The van der Waals surface area contributed by atoms with Gasteiger partial charge in [-0.05, 0) is 37.1 Å². The van der Waals surface area contributed by atoms with Crippen LogP contribution >= 0.6 is 0 Å². The molecule has 4 nitrogen and oxygen atoms in total. The molecule has 0 aliphatic carbocycles. The molecule has 1 N–H and O–H groups in total. The normalized spacial score (nSPS) is 12.1. The van der Waals surface area contributed by atoms with Crippen molar-refractivity contribution in [3.63, 3.8) is 0 Å². The van der Waals surface area contributed by atoms with E-state index in [1.54, 1.807) is 38.3 Å². The fourth-order valence-corrected chi connectivity index (χ4v) is 1.36. The van der Waals surface area contributed by atoms with Crippen LogP contribution in [0, 0.1) is 5.92 Å². The molecular formula is C14H21NO3. The number of hydrogen-bond acceptors (Lipinski definition) is 3. The van der Waals surface area contributed by atoms with Gasteiger partial charge in [0.1, 0.15) is 11.5 Å². The Morgan fingerprint density at radius 3 is 2.22 bits per heavy atom. The molecule has 0 saturated heterocycles. The highest BCUT2D eigenvalue weighted by molar-refractivity contribution is 5.80. The molecule has 1 aromatic carbocycles. The molecule has 0 aliphatic rings. The van der Waals surface area contributed by atoms with Gasteiger partial charge in [0.15, 0.2) is 6.10 Å². The lowest BCUT2D eigenvalue weighted by atomic mass is 10.2. The van der Waals surface area contributed by atoms with E-state index in [1.165, 1.54) is 0 Å². The van der Waals surface area contributed by atoms with Crippen LogP contribution in [0.15, 0.2) is 24.3 Å². The van der Waals surface area contributed by atoms with E-state index in [2.05, 4.69) is 19.2 Å². The van der Waals surface area contributed by atoms with Crippen LogP contribution in [0.4, 0.5) is 0 Å². The quantitative estimate of drug-likeness (QED) is 0.843. The molecule has 0 radical (unpaired) electrons. The van der Waals surface area contributed by atoms with Crippen molar-refractivity contribution in [1.29, 1.82) is 0 Å². The molecule has 0 aliphatic heterocycles. The minimum absolute atomic E-state index is 0.0977. The minimum atomic E-state index is -0.503. The summed E-state index contributed by atoms with van der Waals surface area (Å²) in [6.07, 6.45) is -0.503. The zero-order chi connectivity index (χ0) is 13.5. The monoisotopic (exact) mass is 251 g/mol. The van der Waals surface area contributed by atoms with Gasteiger partial charge in [-0.2, -0.15) is 0 Å². The molecule has 0 saturated carbocycles. The van der Waals surface area contributed by atoms with E-state index >= 15 is 0 Å². The Balaban J connectivity index is 2.47. The Morgan fingerprint density at radius 2 is 1.72 bits per heavy atom. The maximum absolute atomic E-state index is 11.7. The van der Waals surface area contributed by atoms with Gasteiger partial charge in [-0.1, -0.05) is 13.8 Å². The van der Waals surface area contributed by atoms with Gasteiger partial charge in [-0.15, -0.1) is 0 Å². The Kier molecular flexibility index (Phi) is 5.49. The molecule has 1 aromatic rings. The van der Waals surface area contributed by atoms with E-state index < -0.39 is 6.10 Å². The van der Waals surface area contributed by atoms with Crippen molar-refractivity contribution < 1.29 is 14.3 Å². The predicted octanol–water partition coefficient (Wildman–Crippen LogP) is 2.23. The highest BCUT2D eigenvalue weighted by Gasteiger charge is 2.14. The van der Waals surface area contributed by atoms with Crippen LogP contribution in [0.3, 0.4) is 0 Å². The van der Waals surface area contributed by atoms with Gasteiger partial charge in [0.2, 0.25) is 0 Å². The lowest BCUT2D eigenvalue weighted by Crippen LogP contribution is -2.38. The minimum Gasteiger partial charge on any atom is -0.497 e. The van der Waals surface area contributed by atoms with Gasteiger partial charge < -0.3 is 14.8 Å². The van der Waals surface area contributed by atoms with Crippen LogP contribution in [0.1, 0.15) is 20.8 Å². The third-order valence-corrected chi connectivity index (χ3v) is 2.43. The van der Waals surface area contributed by atoms with Crippen molar-refractivity contribution in [2.75, 3.05) is 13.7 Å². The fraction of sp³-hybridized carbons (Fsp3) is 0.500. The Bertz CT molecular complexity index is 373. The maximum Gasteiger partial charge on any atom is 0.260 e. The second-order valence-corrected chi connectivity index (χ2v) is 4.57. The van der Waals surface area contributed by atoms with Crippen LogP contribution in [0.5, 0.6) is 11.5 Å². The average Bonchev–Trinajstić information content (AvgIpc) is 2.36. The number of rotatable bonds is 6. The first-order chi connectivity index (χ1) is 8.52. The number of carbonyl (C=O) groups excluding carboxylic acids is 1. The topological polar surface area (TPSA) is 47.6 Å². The summed E-state index contributed by atoms with van der Waals surface area (Å²) in [6, 6.07) is 7.16. The smallest absolute Gasteiger partial charge is 0.260 e. The second kappa shape index (κ2) is 6.89. The number of hydrogen-bond donors (Lipinski definition) is 1. The molecular weight excluding hydrogens is 230 g/mol. The van der Waals surface area contributed by atoms with Crippen molar-refractivity contribution in [3.8, 4) is 11.5 Å². The standard InChI is InChI=1S/C14H21NO3/c1-10(2)9-15-14(16)11(3)18-13-7-5-12(17-4)6-8-13/h5-8,10-11H,9H2,1-4H3,(H,15,16)/t11-/m0/s1. The first kappa shape index (κ1) is 14.4. The van der Waals surface area contributed by atoms with E-state index in [-0.39, 0.29) is 5.91 Å². The number of benzene rings is 1. The summed E-state index contributed by atoms with van der Waals surface area (Å²) in [5.74, 6) is 1.75. The van der Waals surface area contributed by atoms with Crippen molar-refractivity contribution >= 4 is 5.91 Å². The SMILES string of the molecule is COc1ccc(O[C@@H](C)C(=O)NCC(C)C)cc1. The van der Waals surface area contributed by atoms with Crippen LogP contribution in [-0.2, 0) is 4.79 Å². The zero-order valence-corrected chi connectivity index (χ0v) is 11.4. The zero-order valence-electron chi connectivity index (χ0n) is 11.4. The molecule has 0 unspecified atom stereocenters. The Hall–Kier alpha value is -1.71. The number of amides is 1. The lowest BCUT2D eigenvalue weighted by Gasteiger charge is -2.15. The highest BCUT2D eigenvalue weighted by Crippen LogP contribution is 2.18. The first-order valence-corrected chi connectivity index (χ1v) is 6.11. The molecule has 0 aromatic heterocycles. The van der Waals surface area contributed by atoms with E-state index in [9.17, 15) is 4.79 Å². The van der Waals surface area contributed by atoms with E-state index in [1.807, 2.05) is 0 Å². The molecule has 1 amide bonds. The fourth-order valence-electron chi connectivity index (χ4n) is 1.36. The summed E-state index contributed by atoms with van der Waals surface area (Å²) in [5.41, 5.74) is 0. The van der Waals surface area contributed by atoms with Crippen molar-refractivity contribution in [2.24, 2.45) is 5.92 Å². The summed E-state index contributed by atoms with van der Waals surface area (Å²) in [5, 5.41) is 2.84. The number of methoxy groups -OCH3 is 1. The first-order valence-electron chi connectivity index (χ1n) is 6.11. The number of carbonyl (C=O) groups is 1. The molecule has 0 bridgehead atoms. The molecule has 4 heteroatoms. The highest BCUT2D eigenvalue weighted by atomic mass is 16.5. The van der Waals surface area contributed by atoms with Crippen LogP contribution in [0.25, 0.3) is 0 Å². The Morgan fingerprint density at radius 1 is 1.17 bits per heavy atom. The third-order valence-electron chi connectivity index (χ3n) is 2.43. The van der Waals surface area contributed by atoms with Crippen molar-refractivity contribution in [1.82, 2.24) is 5.32 Å². The molecule has 100 valence electrons. The largest absolute Gasteiger partial charge is 0.497 e. The molecule has 1 rings (SSSR count). The average molecular weight is 251 g/mol. The van der Waals surface area contributed by atoms with Gasteiger partial charge in [0.25, 0.3) is 5.91 Å². The van der Waals surface area contributed by atoms with Gasteiger partial charge in [0.05, 0.1) is 7.11 Å². The van der Waals surface area contributed by atoms with Crippen LogP contribution < -0.4 is 14.8 Å². The summed E-state index contributed by atoms with van der Waals surface area (Å²) < 4.78 is 10.6. The predicted molar refractivity (Wildman–Crippen MR) is 70.9 cm³/mol. The van der Waals surface area contributed by atoms with Gasteiger partial charge in [-0.25, -0.2) is 0 Å². The second-order valence-electron chi connectivity index (χ2n) is 4.57. The summed E-state index contributed by atoms with van der Waals surface area (Å²) in [4.78, 5) is 11.7. The lowest BCUT2D eigenvalue weighted by molar-refractivity contribution is -0.127. The van der Waals surface area contributed by atoms with Crippen molar-refractivity contribution in [2.45, 2.75) is 26.9 Å². The van der Waals surface area contributed by atoms with Gasteiger partial charge >= 0.3 is 0 Å². The van der Waals surface area contributed by atoms with Gasteiger partial charge in [-0.3, -0.25) is 4.79 Å². The molecule has 1 atom stereocenters. The molecule has 0 spiro atoms. The van der Waals surface area contributed by atoms with E-state index in [4.69, 9.17) is 9.47 Å². The van der Waals surface area contributed by atoms with E-state index in [0.29, 0.717) is 18.2 Å². The summed E-state index contributed by atoms with van der Waals surface area (Å²) in [6.45, 7) is 6.50. The third kappa shape index (κ3) is 4.65. The summed E-state index contributed by atoms with van der Waals surface area (Å²) in [7, 11) is 1.61. The number of nitrogens with one attached hydrogen (secondary N) is 1. The van der Waals surface area contributed by atoms with Gasteiger partial charge in [0, 0.05) is 6.54 Å². The molecule has 0 heterocycles. The number of ether oxygens (including phenoxy) is 2. The molecule has 0 fully saturated rings. The maximum atomic E-state index is 11.7. The molecule has 18 heavy (non-hydrogen) atoms.